The number of carbonyl (C=O) groups is 2. The molecule has 0 aromatic heterocycles. The Kier molecular flexibility index (Phi) is 5.12. The Balaban J connectivity index is 1.41. The van der Waals surface area contributed by atoms with Crippen LogP contribution in [-0.4, -0.2) is 17.5 Å². The van der Waals surface area contributed by atoms with Crippen LogP contribution in [0.15, 0.2) is 24.3 Å². The van der Waals surface area contributed by atoms with E-state index in [0.29, 0.717) is 12.0 Å². The van der Waals surface area contributed by atoms with Gasteiger partial charge in [-0.25, -0.2) is 4.79 Å². The van der Waals surface area contributed by atoms with E-state index in [1.54, 1.807) is 0 Å². The fourth-order valence-electron chi connectivity index (χ4n) is 6.98. The second-order valence-electron chi connectivity index (χ2n) is 10.8. The molecule has 0 saturated heterocycles. The number of anilines is 1. The van der Waals surface area contributed by atoms with Crippen molar-refractivity contribution in [2.24, 2.45) is 29.1 Å². The lowest BCUT2D eigenvalue weighted by Gasteiger charge is -2.62. The van der Waals surface area contributed by atoms with E-state index in [0.717, 1.165) is 54.2 Å². The van der Waals surface area contributed by atoms with Crippen molar-refractivity contribution in [1.82, 2.24) is 10.6 Å². The third-order valence-corrected chi connectivity index (χ3v) is 7.38. The number of hydrogen-bond donors (Lipinski definition) is 3. The fraction of sp³-hybridized carbons (Fsp3) is 0.667. The molecule has 4 bridgehead atoms. The molecule has 4 fully saturated rings. The molecule has 2 unspecified atom stereocenters. The summed E-state index contributed by atoms with van der Waals surface area (Å²) in [5.41, 5.74) is 2.06. The molecule has 3 amide bonds. The van der Waals surface area contributed by atoms with Crippen LogP contribution in [0.1, 0.15) is 65.4 Å². The Labute approximate surface area is 174 Å². The predicted molar refractivity (Wildman–Crippen MR) is 115 cm³/mol. The summed E-state index contributed by atoms with van der Waals surface area (Å²) < 4.78 is 0. The van der Waals surface area contributed by atoms with Crippen molar-refractivity contribution >= 4 is 17.6 Å². The third-order valence-electron chi connectivity index (χ3n) is 7.38. The van der Waals surface area contributed by atoms with E-state index >= 15 is 0 Å². The van der Waals surface area contributed by atoms with Crippen molar-refractivity contribution in [3.8, 4) is 0 Å². The molecular weight excluding hydrogens is 362 g/mol. The topological polar surface area (TPSA) is 70.2 Å². The van der Waals surface area contributed by atoms with Crippen LogP contribution in [0.4, 0.5) is 10.5 Å². The van der Waals surface area contributed by atoms with Crippen LogP contribution in [0.3, 0.4) is 0 Å². The van der Waals surface area contributed by atoms with E-state index < -0.39 is 0 Å². The highest BCUT2D eigenvalue weighted by Gasteiger charge is 2.57. The minimum absolute atomic E-state index is 0.0316. The highest BCUT2D eigenvalue weighted by Crippen LogP contribution is 2.62. The average Bonchev–Trinajstić information content (AvgIpc) is 2.57. The number of rotatable bonds is 4. The molecule has 5 heteroatoms. The Morgan fingerprint density at radius 2 is 1.79 bits per heavy atom. The van der Waals surface area contributed by atoms with E-state index in [4.69, 9.17) is 0 Å². The number of hydrogen-bond acceptors (Lipinski definition) is 2. The first-order valence-corrected chi connectivity index (χ1v) is 11.1. The fourth-order valence-corrected chi connectivity index (χ4v) is 6.98. The first-order valence-electron chi connectivity index (χ1n) is 11.1. The minimum atomic E-state index is -0.101. The molecule has 1 aromatic rings. The summed E-state index contributed by atoms with van der Waals surface area (Å²) in [5, 5.41) is 9.21. The number of benzene rings is 1. The lowest BCUT2D eigenvalue weighted by molar-refractivity contribution is -0.119. The first-order chi connectivity index (χ1) is 13.6. The van der Waals surface area contributed by atoms with Gasteiger partial charge < -0.3 is 16.0 Å². The van der Waals surface area contributed by atoms with Gasteiger partial charge in [0.15, 0.2) is 0 Å². The summed E-state index contributed by atoms with van der Waals surface area (Å²) in [6.07, 6.45) is 6.06. The van der Waals surface area contributed by atoms with Crippen LogP contribution in [-0.2, 0) is 11.3 Å². The molecule has 29 heavy (non-hydrogen) atoms. The van der Waals surface area contributed by atoms with Crippen molar-refractivity contribution in [3.05, 3.63) is 29.8 Å². The smallest absolute Gasteiger partial charge is 0.319 e. The maximum Gasteiger partial charge on any atom is 0.319 e. The lowest BCUT2D eigenvalue weighted by atomic mass is 9.45. The summed E-state index contributed by atoms with van der Waals surface area (Å²) in [6, 6.07) is 7.57. The van der Waals surface area contributed by atoms with E-state index in [1.165, 1.54) is 19.8 Å². The monoisotopic (exact) mass is 397 g/mol. The Hall–Kier alpha value is -2.04. The van der Waals surface area contributed by atoms with Crippen LogP contribution in [0.5, 0.6) is 0 Å². The molecule has 2 atom stereocenters. The van der Waals surface area contributed by atoms with Gasteiger partial charge in [-0.05, 0) is 78.9 Å². The molecule has 0 radical (unpaired) electrons. The normalized spacial score (nSPS) is 32.7. The average molecular weight is 398 g/mol. The lowest BCUT2D eigenvalue weighted by Crippen LogP contribution is -2.64. The molecule has 4 aliphatic carbocycles. The summed E-state index contributed by atoms with van der Waals surface area (Å²) in [4.78, 5) is 24.0. The van der Waals surface area contributed by atoms with Gasteiger partial charge in [0.05, 0.1) is 0 Å². The standard InChI is InChI=1S/C24H35N3O2/c1-15(28)25-14-16-6-5-7-20(10-16)26-22(29)27-24-11-17-8-18(12-24)21(23(2,3)4)19(9-17)13-24/h5-7,10,17-19,21H,8-9,11-14H2,1-4H3,(H,25,28)(H2,26,27,29). The number of urea groups is 1. The molecule has 5 nitrogen and oxygen atoms in total. The highest BCUT2D eigenvalue weighted by atomic mass is 16.2. The molecule has 1 aromatic carbocycles. The summed E-state index contributed by atoms with van der Waals surface area (Å²) in [7, 11) is 0. The van der Waals surface area contributed by atoms with Crippen LogP contribution in [0.25, 0.3) is 0 Å². The molecule has 0 heterocycles. The summed E-state index contributed by atoms with van der Waals surface area (Å²) >= 11 is 0. The van der Waals surface area contributed by atoms with Gasteiger partial charge in [-0.2, -0.15) is 0 Å². The minimum Gasteiger partial charge on any atom is -0.352 e. The van der Waals surface area contributed by atoms with Crippen LogP contribution < -0.4 is 16.0 Å². The van der Waals surface area contributed by atoms with Gasteiger partial charge >= 0.3 is 6.03 Å². The zero-order valence-corrected chi connectivity index (χ0v) is 18.2. The van der Waals surface area contributed by atoms with Crippen molar-refractivity contribution in [3.63, 3.8) is 0 Å². The van der Waals surface area contributed by atoms with Gasteiger partial charge in [0.1, 0.15) is 0 Å². The van der Waals surface area contributed by atoms with E-state index in [9.17, 15) is 9.59 Å². The van der Waals surface area contributed by atoms with Crippen molar-refractivity contribution in [2.45, 2.75) is 71.9 Å². The van der Waals surface area contributed by atoms with E-state index in [-0.39, 0.29) is 17.5 Å². The highest BCUT2D eigenvalue weighted by molar-refractivity contribution is 5.90. The van der Waals surface area contributed by atoms with Gasteiger partial charge in [0.2, 0.25) is 5.91 Å². The van der Waals surface area contributed by atoms with Gasteiger partial charge in [-0.3, -0.25) is 4.79 Å². The zero-order chi connectivity index (χ0) is 20.8. The maximum atomic E-state index is 12.9. The SMILES string of the molecule is CC(=O)NCc1cccc(NC(=O)NC23CC4CC(C2)C(C(C)(C)C)C(C4)C3)c1. The predicted octanol–water partition coefficient (Wildman–Crippen LogP) is 4.69. The van der Waals surface area contributed by atoms with Crippen LogP contribution in [0.2, 0.25) is 0 Å². The molecule has 5 rings (SSSR count). The second kappa shape index (κ2) is 7.33. The summed E-state index contributed by atoms with van der Waals surface area (Å²) in [6.45, 7) is 9.14. The molecule has 4 saturated carbocycles. The molecule has 3 N–H and O–H groups in total. The second-order valence-corrected chi connectivity index (χ2v) is 10.8. The van der Waals surface area contributed by atoms with Gasteiger partial charge in [-0.15, -0.1) is 0 Å². The van der Waals surface area contributed by atoms with Gasteiger partial charge in [0.25, 0.3) is 0 Å². The Morgan fingerprint density at radius 3 is 2.41 bits per heavy atom. The molecule has 0 spiro atoms. The van der Waals surface area contributed by atoms with Gasteiger partial charge in [-0.1, -0.05) is 32.9 Å². The van der Waals surface area contributed by atoms with Crippen molar-refractivity contribution in [1.29, 1.82) is 0 Å². The molecule has 0 aliphatic heterocycles. The van der Waals surface area contributed by atoms with Crippen molar-refractivity contribution in [2.75, 3.05) is 5.32 Å². The maximum absolute atomic E-state index is 12.9. The largest absolute Gasteiger partial charge is 0.352 e. The summed E-state index contributed by atoms with van der Waals surface area (Å²) in [5.74, 6) is 2.97. The number of nitrogens with one attached hydrogen (secondary N) is 3. The molecule has 158 valence electrons. The number of carbonyl (C=O) groups excluding carboxylic acids is 2. The Morgan fingerprint density at radius 1 is 1.10 bits per heavy atom. The molecular formula is C24H35N3O2. The first kappa shape index (κ1) is 20.2. The third kappa shape index (κ3) is 4.29. The van der Waals surface area contributed by atoms with Crippen molar-refractivity contribution < 1.29 is 9.59 Å². The van der Waals surface area contributed by atoms with Crippen LogP contribution >= 0.6 is 0 Å². The van der Waals surface area contributed by atoms with Gasteiger partial charge in [0, 0.05) is 24.7 Å². The van der Waals surface area contributed by atoms with Crippen LogP contribution in [0, 0.1) is 29.1 Å². The quantitative estimate of drug-likeness (QED) is 0.690. The van der Waals surface area contributed by atoms with E-state index in [2.05, 4.69) is 36.7 Å². The zero-order valence-electron chi connectivity index (χ0n) is 18.2. The van der Waals surface area contributed by atoms with E-state index in [1.807, 2.05) is 24.3 Å². The molecule has 4 aliphatic rings. The Bertz CT molecular complexity index is 782. The number of amides is 3.